The lowest BCUT2D eigenvalue weighted by Gasteiger charge is -2.12. The minimum Gasteiger partial charge on any atom is -0.486 e. The Hall–Kier alpha value is -2.95. The van der Waals surface area contributed by atoms with Gasteiger partial charge < -0.3 is 10.1 Å². The average molecular weight is 333 g/mol. The van der Waals surface area contributed by atoms with Crippen molar-refractivity contribution in [2.24, 2.45) is 0 Å². The molecule has 5 nitrogen and oxygen atoms in total. The molecule has 0 radical (unpaired) electrons. The first-order chi connectivity index (χ1) is 12.2. The van der Waals surface area contributed by atoms with Gasteiger partial charge in [-0.15, -0.1) is 0 Å². The molecule has 1 atom stereocenters. The number of carbonyl (C=O) groups is 1. The van der Waals surface area contributed by atoms with Crippen LogP contribution in [0.2, 0.25) is 0 Å². The number of fused-ring (bicyclic) bond motifs is 1. The summed E-state index contributed by atoms with van der Waals surface area (Å²) in [7, 11) is 0. The van der Waals surface area contributed by atoms with E-state index in [0.717, 1.165) is 34.3 Å². The molecule has 2 aromatic carbocycles. The van der Waals surface area contributed by atoms with Crippen molar-refractivity contribution in [3.05, 3.63) is 65.6 Å². The summed E-state index contributed by atoms with van der Waals surface area (Å²) >= 11 is 0. The molecule has 1 aliphatic rings. The van der Waals surface area contributed by atoms with Crippen molar-refractivity contribution in [2.45, 2.75) is 32.4 Å². The van der Waals surface area contributed by atoms with E-state index >= 15 is 0 Å². The summed E-state index contributed by atoms with van der Waals surface area (Å²) < 4.78 is 5.82. The second kappa shape index (κ2) is 6.51. The van der Waals surface area contributed by atoms with Gasteiger partial charge in [0.05, 0.1) is 11.6 Å². The van der Waals surface area contributed by atoms with Crippen molar-refractivity contribution < 1.29 is 9.53 Å². The molecule has 1 aromatic heterocycles. The number of nitrogens with zero attached hydrogens (tertiary/aromatic N) is 2. The predicted molar refractivity (Wildman–Crippen MR) is 95.2 cm³/mol. The molecule has 1 amide bonds. The minimum atomic E-state index is 0.119. The molecule has 0 spiro atoms. The van der Waals surface area contributed by atoms with E-state index < -0.39 is 0 Å². The monoisotopic (exact) mass is 333 g/mol. The molecule has 1 N–H and O–H groups in total. The van der Waals surface area contributed by atoms with E-state index in [-0.39, 0.29) is 11.9 Å². The lowest BCUT2D eigenvalue weighted by Crippen LogP contribution is -2.18. The number of hydrogen-bond acceptors (Lipinski definition) is 4. The molecule has 4 rings (SSSR count). The highest BCUT2D eigenvalue weighted by Gasteiger charge is 2.21. The maximum atomic E-state index is 11.3. The van der Waals surface area contributed by atoms with Crippen LogP contribution in [0.3, 0.4) is 0 Å². The summed E-state index contributed by atoms with van der Waals surface area (Å²) in [6.45, 7) is 2.31. The third-order valence-electron chi connectivity index (χ3n) is 4.49. The summed E-state index contributed by atoms with van der Waals surface area (Å²) in [5.74, 6) is 1.56. The van der Waals surface area contributed by atoms with E-state index in [0.29, 0.717) is 18.9 Å². The number of hydrogen-bond donors (Lipinski definition) is 1. The lowest BCUT2D eigenvalue weighted by atomic mass is 10.1. The molecule has 1 fully saturated rings. The van der Waals surface area contributed by atoms with Crippen LogP contribution in [0.5, 0.6) is 5.75 Å². The number of nitrogens with one attached hydrogen (secondary N) is 1. The summed E-state index contributed by atoms with van der Waals surface area (Å²) in [6, 6.07) is 15.9. The average Bonchev–Trinajstić information content (AvgIpc) is 3.07. The van der Waals surface area contributed by atoms with E-state index in [2.05, 4.69) is 15.3 Å². The SMILES string of the molecule is Cc1nc(COc2ccc(C3CCC(=O)N3)cc2)nc2ccccc12. The Kier molecular flexibility index (Phi) is 4.06. The van der Waals surface area contributed by atoms with Crippen LogP contribution in [0.1, 0.15) is 36.0 Å². The Morgan fingerprint density at radius 2 is 1.92 bits per heavy atom. The van der Waals surface area contributed by atoms with Gasteiger partial charge in [-0.2, -0.15) is 0 Å². The van der Waals surface area contributed by atoms with Crippen LogP contribution in [-0.4, -0.2) is 15.9 Å². The molecular formula is C20H19N3O2. The zero-order valence-electron chi connectivity index (χ0n) is 14.0. The molecule has 3 aromatic rings. The lowest BCUT2D eigenvalue weighted by molar-refractivity contribution is -0.119. The highest BCUT2D eigenvalue weighted by molar-refractivity contribution is 5.80. The van der Waals surface area contributed by atoms with Crippen LogP contribution in [0.15, 0.2) is 48.5 Å². The maximum Gasteiger partial charge on any atom is 0.220 e. The normalized spacial score (nSPS) is 16.8. The Morgan fingerprint density at radius 3 is 2.68 bits per heavy atom. The minimum absolute atomic E-state index is 0.119. The Bertz CT molecular complexity index is 922. The van der Waals surface area contributed by atoms with Gasteiger partial charge in [-0.25, -0.2) is 9.97 Å². The largest absolute Gasteiger partial charge is 0.486 e. The maximum absolute atomic E-state index is 11.3. The van der Waals surface area contributed by atoms with Crippen LogP contribution in [0.25, 0.3) is 10.9 Å². The van der Waals surface area contributed by atoms with Gasteiger partial charge in [-0.1, -0.05) is 30.3 Å². The number of ether oxygens (including phenoxy) is 1. The van der Waals surface area contributed by atoms with E-state index in [1.165, 1.54) is 0 Å². The van der Waals surface area contributed by atoms with Crippen LogP contribution >= 0.6 is 0 Å². The van der Waals surface area contributed by atoms with Crippen LogP contribution in [-0.2, 0) is 11.4 Å². The topological polar surface area (TPSA) is 64.1 Å². The summed E-state index contributed by atoms with van der Waals surface area (Å²) in [4.78, 5) is 20.4. The molecule has 1 unspecified atom stereocenters. The van der Waals surface area contributed by atoms with E-state index in [1.807, 2.05) is 55.5 Å². The Labute approximate surface area is 146 Å². The third-order valence-corrected chi connectivity index (χ3v) is 4.49. The third kappa shape index (κ3) is 3.31. The smallest absolute Gasteiger partial charge is 0.220 e. The molecule has 0 aliphatic carbocycles. The van der Waals surface area contributed by atoms with E-state index in [9.17, 15) is 4.79 Å². The molecule has 2 heterocycles. The highest BCUT2D eigenvalue weighted by Crippen LogP contribution is 2.25. The van der Waals surface area contributed by atoms with Crippen molar-refractivity contribution in [3.63, 3.8) is 0 Å². The van der Waals surface area contributed by atoms with Crippen molar-refractivity contribution in [1.29, 1.82) is 0 Å². The molecule has 25 heavy (non-hydrogen) atoms. The fraction of sp³-hybridized carbons (Fsp3) is 0.250. The molecule has 0 saturated carbocycles. The summed E-state index contributed by atoms with van der Waals surface area (Å²) in [5, 5.41) is 4.04. The molecule has 0 bridgehead atoms. The number of aryl methyl sites for hydroxylation is 1. The van der Waals surface area contributed by atoms with Gasteiger partial charge in [0.25, 0.3) is 0 Å². The number of aromatic nitrogens is 2. The Morgan fingerprint density at radius 1 is 1.12 bits per heavy atom. The van der Waals surface area contributed by atoms with E-state index in [1.54, 1.807) is 0 Å². The molecular weight excluding hydrogens is 314 g/mol. The van der Waals surface area contributed by atoms with Gasteiger partial charge in [0, 0.05) is 17.5 Å². The van der Waals surface area contributed by atoms with Gasteiger partial charge >= 0.3 is 0 Å². The number of benzene rings is 2. The zero-order valence-corrected chi connectivity index (χ0v) is 14.0. The second-order valence-corrected chi connectivity index (χ2v) is 6.26. The van der Waals surface area contributed by atoms with Crippen LogP contribution < -0.4 is 10.1 Å². The Balaban J connectivity index is 1.45. The van der Waals surface area contributed by atoms with Crippen molar-refractivity contribution >= 4 is 16.8 Å². The number of para-hydroxylation sites is 1. The van der Waals surface area contributed by atoms with Gasteiger partial charge in [0.1, 0.15) is 12.4 Å². The van der Waals surface area contributed by atoms with Gasteiger partial charge in [0.2, 0.25) is 5.91 Å². The molecule has 126 valence electrons. The van der Waals surface area contributed by atoms with E-state index in [4.69, 9.17) is 4.74 Å². The summed E-state index contributed by atoms with van der Waals surface area (Å²) in [5.41, 5.74) is 2.99. The first-order valence-electron chi connectivity index (χ1n) is 8.43. The first-order valence-corrected chi connectivity index (χ1v) is 8.43. The van der Waals surface area contributed by atoms with Crippen LogP contribution in [0.4, 0.5) is 0 Å². The number of carbonyl (C=O) groups excluding carboxylic acids is 1. The highest BCUT2D eigenvalue weighted by atomic mass is 16.5. The van der Waals surface area contributed by atoms with Gasteiger partial charge in [-0.3, -0.25) is 4.79 Å². The number of rotatable bonds is 4. The number of amides is 1. The van der Waals surface area contributed by atoms with Gasteiger partial charge in [0.15, 0.2) is 5.82 Å². The fourth-order valence-corrected chi connectivity index (χ4v) is 3.17. The fourth-order valence-electron chi connectivity index (χ4n) is 3.17. The summed E-state index contributed by atoms with van der Waals surface area (Å²) in [6.07, 6.45) is 1.45. The first kappa shape index (κ1) is 15.6. The molecule has 5 heteroatoms. The van der Waals surface area contributed by atoms with Crippen molar-refractivity contribution in [3.8, 4) is 5.75 Å². The quantitative estimate of drug-likeness (QED) is 0.794. The van der Waals surface area contributed by atoms with Crippen molar-refractivity contribution in [1.82, 2.24) is 15.3 Å². The zero-order chi connectivity index (χ0) is 17.2. The standard InChI is InChI=1S/C20H19N3O2/c1-13-16-4-2-3-5-18(16)22-19(21-13)12-25-15-8-6-14(7-9-15)17-10-11-20(24)23-17/h2-9,17H,10-12H2,1H3,(H,23,24). The molecule has 1 saturated heterocycles. The van der Waals surface area contributed by atoms with Gasteiger partial charge in [-0.05, 0) is 37.1 Å². The van der Waals surface area contributed by atoms with Crippen LogP contribution in [0, 0.1) is 6.92 Å². The molecule has 1 aliphatic heterocycles. The van der Waals surface area contributed by atoms with Crippen molar-refractivity contribution in [2.75, 3.05) is 0 Å². The predicted octanol–water partition coefficient (Wildman–Crippen LogP) is 3.47. The second-order valence-electron chi connectivity index (χ2n) is 6.26.